The molecule has 1 aliphatic heterocycles. The summed E-state index contributed by atoms with van der Waals surface area (Å²) in [5.74, 6) is 0.750. The zero-order valence-electron chi connectivity index (χ0n) is 16.3. The molecule has 1 saturated heterocycles. The van der Waals surface area contributed by atoms with Gasteiger partial charge in [0.05, 0.1) is 4.90 Å². The molecule has 2 aromatic rings. The Bertz CT molecular complexity index is 979. The first-order valence-corrected chi connectivity index (χ1v) is 10.8. The highest BCUT2D eigenvalue weighted by Crippen LogP contribution is 2.20. The SMILES string of the molecule is CC(C)c1ccc(C(=O)Nc2ccc(S(=O)(=O)N=C3CCCN3C)cc2)cc1. The lowest BCUT2D eigenvalue weighted by Crippen LogP contribution is -2.20. The van der Waals surface area contributed by atoms with E-state index in [0.717, 1.165) is 13.0 Å². The number of carbonyl (C=O) groups excluding carboxylic acids is 1. The van der Waals surface area contributed by atoms with Crippen molar-refractivity contribution in [1.82, 2.24) is 4.90 Å². The van der Waals surface area contributed by atoms with Crippen LogP contribution in [0.1, 0.15) is 48.5 Å². The van der Waals surface area contributed by atoms with E-state index in [4.69, 9.17) is 0 Å². The fourth-order valence-corrected chi connectivity index (χ4v) is 4.13. The van der Waals surface area contributed by atoms with Gasteiger partial charge in [0.15, 0.2) is 0 Å². The maximum absolute atomic E-state index is 12.5. The van der Waals surface area contributed by atoms with Gasteiger partial charge in [-0.25, -0.2) is 0 Å². The van der Waals surface area contributed by atoms with Crippen LogP contribution in [0.5, 0.6) is 0 Å². The van der Waals surface area contributed by atoms with Gasteiger partial charge in [0.1, 0.15) is 5.84 Å². The second-order valence-electron chi connectivity index (χ2n) is 7.26. The number of amides is 1. The minimum atomic E-state index is -3.75. The molecule has 0 aliphatic carbocycles. The minimum absolute atomic E-state index is 0.111. The molecule has 7 heteroatoms. The summed E-state index contributed by atoms with van der Waals surface area (Å²) in [5.41, 5.74) is 2.25. The summed E-state index contributed by atoms with van der Waals surface area (Å²) in [7, 11) is -1.91. The highest BCUT2D eigenvalue weighted by atomic mass is 32.2. The van der Waals surface area contributed by atoms with Crippen molar-refractivity contribution in [3.63, 3.8) is 0 Å². The molecule has 0 saturated carbocycles. The third-order valence-electron chi connectivity index (χ3n) is 4.81. The number of sulfonamides is 1. The maximum atomic E-state index is 12.5. The van der Waals surface area contributed by atoms with E-state index in [0.29, 0.717) is 29.4 Å². The number of benzene rings is 2. The first-order valence-electron chi connectivity index (χ1n) is 9.32. The molecule has 0 radical (unpaired) electrons. The van der Waals surface area contributed by atoms with Crippen LogP contribution in [-0.2, 0) is 10.0 Å². The number of nitrogens with zero attached hydrogens (tertiary/aromatic N) is 2. The molecule has 0 unspecified atom stereocenters. The Morgan fingerprint density at radius 2 is 1.71 bits per heavy atom. The highest BCUT2D eigenvalue weighted by Gasteiger charge is 2.20. The van der Waals surface area contributed by atoms with Crippen LogP contribution >= 0.6 is 0 Å². The summed E-state index contributed by atoms with van der Waals surface area (Å²) < 4.78 is 28.9. The van der Waals surface area contributed by atoms with Gasteiger partial charge < -0.3 is 10.2 Å². The molecule has 1 heterocycles. The third-order valence-corrected chi connectivity index (χ3v) is 6.13. The summed E-state index contributed by atoms with van der Waals surface area (Å²) in [6.45, 7) is 5.01. The third kappa shape index (κ3) is 4.59. The van der Waals surface area contributed by atoms with Crippen molar-refractivity contribution in [2.45, 2.75) is 37.5 Å². The van der Waals surface area contributed by atoms with E-state index in [1.165, 1.54) is 17.7 Å². The summed E-state index contributed by atoms with van der Waals surface area (Å²) in [5, 5.41) is 2.79. The lowest BCUT2D eigenvalue weighted by Gasteiger charge is -2.11. The number of amidine groups is 1. The molecule has 0 atom stereocenters. The topological polar surface area (TPSA) is 78.8 Å². The van der Waals surface area contributed by atoms with E-state index >= 15 is 0 Å². The van der Waals surface area contributed by atoms with E-state index in [1.54, 1.807) is 24.3 Å². The Kier molecular flexibility index (Phi) is 5.84. The second-order valence-corrected chi connectivity index (χ2v) is 8.87. The fourth-order valence-electron chi connectivity index (χ4n) is 3.03. The molecule has 0 bridgehead atoms. The lowest BCUT2D eigenvalue weighted by molar-refractivity contribution is 0.102. The fraction of sp³-hybridized carbons (Fsp3) is 0.333. The molecular formula is C21H25N3O3S. The predicted octanol–water partition coefficient (Wildman–Crippen LogP) is 3.88. The van der Waals surface area contributed by atoms with Crippen molar-refractivity contribution in [3.05, 3.63) is 59.7 Å². The quantitative estimate of drug-likeness (QED) is 0.828. The van der Waals surface area contributed by atoms with Crippen molar-refractivity contribution in [3.8, 4) is 0 Å². The molecule has 6 nitrogen and oxygen atoms in total. The van der Waals surface area contributed by atoms with Crippen LogP contribution in [-0.4, -0.2) is 38.7 Å². The number of anilines is 1. The van der Waals surface area contributed by atoms with E-state index in [9.17, 15) is 13.2 Å². The lowest BCUT2D eigenvalue weighted by atomic mass is 10.0. The first-order chi connectivity index (χ1) is 13.3. The zero-order valence-corrected chi connectivity index (χ0v) is 17.2. The number of carbonyl (C=O) groups is 1. The van der Waals surface area contributed by atoms with Gasteiger partial charge >= 0.3 is 0 Å². The summed E-state index contributed by atoms with van der Waals surface area (Å²) in [4.78, 5) is 14.4. The Morgan fingerprint density at radius 1 is 1.07 bits per heavy atom. The second kappa shape index (κ2) is 8.14. The van der Waals surface area contributed by atoms with Crippen LogP contribution in [0.25, 0.3) is 0 Å². The van der Waals surface area contributed by atoms with Crippen LogP contribution in [0.15, 0.2) is 57.8 Å². The van der Waals surface area contributed by atoms with E-state index in [-0.39, 0.29) is 10.8 Å². The van der Waals surface area contributed by atoms with Crippen LogP contribution < -0.4 is 5.32 Å². The van der Waals surface area contributed by atoms with Crippen LogP contribution in [0.4, 0.5) is 5.69 Å². The van der Waals surface area contributed by atoms with Gasteiger partial charge in [-0.2, -0.15) is 8.42 Å². The van der Waals surface area contributed by atoms with Crippen molar-refractivity contribution in [2.75, 3.05) is 18.9 Å². The average molecular weight is 400 g/mol. The van der Waals surface area contributed by atoms with Gasteiger partial charge in [-0.05, 0) is 54.3 Å². The summed E-state index contributed by atoms with van der Waals surface area (Å²) in [6.07, 6.45) is 1.58. The molecule has 0 spiro atoms. The van der Waals surface area contributed by atoms with Gasteiger partial charge in [0.2, 0.25) is 0 Å². The van der Waals surface area contributed by atoms with Crippen LogP contribution in [0.3, 0.4) is 0 Å². The van der Waals surface area contributed by atoms with E-state index in [1.807, 2.05) is 24.1 Å². The molecule has 1 amide bonds. The Morgan fingerprint density at radius 3 is 2.25 bits per heavy atom. The molecule has 148 valence electrons. The van der Waals surface area contributed by atoms with E-state index in [2.05, 4.69) is 23.6 Å². The van der Waals surface area contributed by atoms with Gasteiger partial charge in [0, 0.05) is 31.3 Å². The Balaban J connectivity index is 1.71. The number of hydrogen-bond donors (Lipinski definition) is 1. The molecule has 2 aromatic carbocycles. The molecule has 0 aromatic heterocycles. The van der Waals surface area contributed by atoms with Crippen molar-refractivity contribution in [1.29, 1.82) is 0 Å². The van der Waals surface area contributed by atoms with Crippen LogP contribution in [0, 0.1) is 0 Å². The summed E-state index contributed by atoms with van der Waals surface area (Å²) >= 11 is 0. The van der Waals surface area contributed by atoms with Crippen molar-refractivity contribution >= 4 is 27.5 Å². The van der Waals surface area contributed by atoms with Gasteiger partial charge in [-0.1, -0.05) is 26.0 Å². The molecule has 28 heavy (non-hydrogen) atoms. The standard InChI is InChI=1S/C21H25N3O3S/c1-15(2)16-6-8-17(9-7-16)21(25)22-18-10-12-19(13-11-18)28(26,27)23-20-5-4-14-24(20)3/h6-13,15H,4-5,14H2,1-3H3,(H,22,25). The zero-order chi connectivity index (χ0) is 20.3. The molecule has 1 aliphatic rings. The predicted molar refractivity (Wildman–Crippen MR) is 111 cm³/mol. The number of nitrogens with one attached hydrogen (secondary N) is 1. The van der Waals surface area contributed by atoms with Gasteiger partial charge in [-0.15, -0.1) is 4.40 Å². The molecule has 1 fully saturated rings. The Hall–Kier alpha value is -2.67. The minimum Gasteiger partial charge on any atom is -0.362 e. The molecule has 1 N–H and O–H groups in total. The van der Waals surface area contributed by atoms with Crippen molar-refractivity contribution < 1.29 is 13.2 Å². The smallest absolute Gasteiger partial charge is 0.283 e. The largest absolute Gasteiger partial charge is 0.362 e. The van der Waals surface area contributed by atoms with Gasteiger partial charge in [-0.3, -0.25) is 4.79 Å². The number of rotatable bonds is 5. The monoisotopic (exact) mass is 399 g/mol. The van der Waals surface area contributed by atoms with Gasteiger partial charge in [0.25, 0.3) is 15.9 Å². The summed E-state index contributed by atoms with van der Waals surface area (Å²) in [6, 6.07) is 13.5. The molecule has 3 rings (SSSR count). The Labute approximate surface area is 166 Å². The molecular weight excluding hydrogens is 374 g/mol. The maximum Gasteiger partial charge on any atom is 0.283 e. The normalized spacial score (nSPS) is 16.0. The highest BCUT2D eigenvalue weighted by molar-refractivity contribution is 7.90. The van der Waals surface area contributed by atoms with Crippen molar-refractivity contribution in [2.24, 2.45) is 4.40 Å². The average Bonchev–Trinajstić information content (AvgIpc) is 3.06. The number of likely N-dealkylation sites (tertiary alicyclic amines) is 1. The number of hydrogen-bond acceptors (Lipinski definition) is 3. The van der Waals surface area contributed by atoms with Crippen LogP contribution in [0.2, 0.25) is 0 Å². The first kappa shape index (κ1) is 20.1. The van der Waals surface area contributed by atoms with E-state index < -0.39 is 10.0 Å².